The Balaban J connectivity index is 2.34. The van der Waals surface area contributed by atoms with Crippen LogP contribution < -0.4 is 0 Å². The maximum Gasteiger partial charge on any atom is 0.0936 e. The molecule has 1 spiro atoms. The van der Waals surface area contributed by atoms with Crippen LogP contribution in [0.3, 0.4) is 0 Å². The minimum absolute atomic E-state index is 0.0521. The molecule has 2 saturated carbocycles. The van der Waals surface area contributed by atoms with Gasteiger partial charge in [-0.15, -0.1) is 0 Å². The molecule has 94 valence electrons. The Kier molecular flexibility index (Phi) is 2.87. The zero-order valence-corrected chi connectivity index (χ0v) is 11.0. The van der Waals surface area contributed by atoms with E-state index in [1.165, 1.54) is 6.42 Å². The summed E-state index contributed by atoms with van der Waals surface area (Å²) in [5.41, 5.74) is -0.946. The van der Waals surface area contributed by atoms with Crippen LogP contribution in [0.1, 0.15) is 53.4 Å². The van der Waals surface area contributed by atoms with E-state index in [4.69, 9.17) is 0 Å². The minimum Gasteiger partial charge on any atom is -0.390 e. The first-order valence-electron chi connectivity index (χ1n) is 6.70. The number of rotatable bonds is 0. The van der Waals surface area contributed by atoms with Gasteiger partial charge in [0, 0.05) is 5.41 Å². The fraction of sp³-hybridized carbons (Fsp3) is 1.00. The van der Waals surface area contributed by atoms with E-state index in [1.54, 1.807) is 0 Å². The summed E-state index contributed by atoms with van der Waals surface area (Å²) < 4.78 is 0. The molecule has 2 rings (SSSR count). The summed E-state index contributed by atoms with van der Waals surface area (Å²) in [7, 11) is 0. The SMILES string of the molecule is CC1C[C@H](C)CC2(C1)[C@H](C)CC(O)C2(C)O. The van der Waals surface area contributed by atoms with E-state index < -0.39 is 11.7 Å². The van der Waals surface area contributed by atoms with Crippen LogP contribution in [0.2, 0.25) is 0 Å². The summed E-state index contributed by atoms with van der Waals surface area (Å²) in [6.07, 6.45) is 3.62. The number of aliphatic hydroxyl groups is 2. The van der Waals surface area contributed by atoms with Crippen LogP contribution in [0.15, 0.2) is 0 Å². The third-order valence-corrected chi connectivity index (χ3v) is 5.41. The Bertz CT molecular complexity index is 262. The van der Waals surface area contributed by atoms with Crippen LogP contribution in [0.5, 0.6) is 0 Å². The Hall–Kier alpha value is -0.0800. The summed E-state index contributed by atoms with van der Waals surface area (Å²) in [5, 5.41) is 20.8. The monoisotopic (exact) mass is 226 g/mol. The van der Waals surface area contributed by atoms with Crippen LogP contribution >= 0.6 is 0 Å². The van der Waals surface area contributed by atoms with Gasteiger partial charge in [0.25, 0.3) is 0 Å². The summed E-state index contributed by atoms with van der Waals surface area (Å²) in [4.78, 5) is 0. The van der Waals surface area contributed by atoms with Crippen LogP contribution in [0, 0.1) is 23.2 Å². The lowest BCUT2D eigenvalue weighted by Gasteiger charge is -2.50. The van der Waals surface area contributed by atoms with E-state index in [1.807, 2.05) is 6.92 Å². The van der Waals surface area contributed by atoms with Gasteiger partial charge in [-0.3, -0.25) is 0 Å². The third kappa shape index (κ3) is 1.53. The molecule has 0 heterocycles. The molecular weight excluding hydrogens is 200 g/mol. The van der Waals surface area contributed by atoms with E-state index in [-0.39, 0.29) is 5.41 Å². The van der Waals surface area contributed by atoms with E-state index in [2.05, 4.69) is 20.8 Å². The molecule has 0 aromatic rings. The van der Waals surface area contributed by atoms with Crippen LogP contribution in [0.4, 0.5) is 0 Å². The summed E-state index contributed by atoms with van der Waals surface area (Å²) >= 11 is 0. The van der Waals surface area contributed by atoms with Crippen molar-refractivity contribution in [2.75, 3.05) is 0 Å². The van der Waals surface area contributed by atoms with Crippen molar-refractivity contribution in [3.05, 3.63) is 0 Å². The summed E-state index contributed by atoms with van der Waals surface area (Å²) in [5.74, 6) is 1.77. The van der Waals surface area contributed by atoms with Gasteiger partial charge in [-0.25, -0.2) is 0 Å². The molecule has 2 nitrogen and oxygen atoms in total. The molecule has 4 unspecified atom stereocenters. The highest BCUT2D eigenvalue weighted by Crippen LogP contribution is 2.60. The van der Waals surface area contributed by atoms with Crippen molar-refractivity contribution < 1.29 is 10.2 Å². The van der Waals surface area contributed by atoms with Crippen molar-refractivity contribution >= 4 is 0 Å². The lowest BCUT2D eigenvalue weighted by molar-refractivity contribution is -0.143. The van der Waals surface area contributed by atoms with Gasteiger partial charge in [0.05, 0.1) is 11.7 Å². The fourth-order valence-corrected chi connectivity index (χ4v) is 4.62. The minimum atomic E-state index is -0.893. The zero-order valence-electron chi connectivity index (χ0n) is 11.0. The van der Waals surface area contributed by atoms with Gasteiger partial charge >= 0.3 is 0 Å². The molecular formula is C14H26O2. The average molecular weight is 226 g/mol. The molecule has 0 radical (unpaired) electrons. The highest BCUT2D eigenvalue weighted by Gasteiger charge is 2.61. The van der Waals surface area contributed by atoms with Crippen LogP contribution in [-0.4, -0.2) is 21.9 Å². The van der Waals surface area contributed by atoms with E-state index >= 15 is 0 Å². The van der Waals surface area contributed by atoms with Crippen molar-refractivity contribution in [3.63, 3.8) is 0 Å². The molecule has 2 heteroatoms. The van der Waals surface area contributed by atoms with E-state index in [0.29, 0.717) is 17.8 Å². The van der Waals surface area contributed by atoms with Gasteiger partial charge in [-0.05, 0) is 50.4 Å². The van der Waals surface area contributed by atoms with E-state index in [0.717, 1.165) is 19.3 Å². The van der Waals surface area contributed by atoms with Gasteiger partial charge in [0.1, 0.15) is 0 Å². The van der Waals surface area contributed by atoms with Crippen molar-refractivity contribution in [2.45, 2.75) is 65.1 Å². The van der Waals surface area contributed by atoms with Crippen molar-refractivity contribution in [3.8, 4) is 0 Å². The number of aliphatic hydroxyl groups excluding tert-OH is 1. The normalized spacial score (nSPS) is 58.1. The number of hydrogen-bond acceptors (Lipinski definition) is 2. The Labute approximate surface area is 99.1 Å². The number of hydrogen-bond donors (Lipinski definition) is 2. The average Bonchev–Trinajstić information content (AvgIpc) is 2.27. The Morgan fingerprint density at radius 3 is 1.88 bits per heavy atom. The second kappa shape index (κ2) is 3.71. The standard InChI is InChI=1S/C14H26O2/c1-9-5-10(2)8-14(7-9)11(3)6-12(15)13(14,4)16/h9-12,15-16H,5-8H2,1-4H3/t9-,10?,11+,12?,13?,14?/m0/s1. The Morgan fingerprint density at radius 1 is 1.00 bits per heavy atom. The van der Waals surface area contributed by atoms with Gasteiger partial charge < -0.3 is 10.2 Å². The van der Waals surface area contributed by atoms with Crippen molar-refractivity contribution in [2.24, 2.45) is 23.2 Å². The highest BCUT2D eigenvalue weighted by atomic mass is 16.3. The molecule has 6 atom stereocenters. The molecule has 2 N–H and O–H groups in total. The largest absolute Gasteiger partial charge is 0.390 e. The second-order valence-corrected chi connectivity index (χ2v) is 6.81. The maximum atomic E-state index is 10.7. The predicted octanol–water partition coefficient (Wildman–Crippen LogP) is 2.58. The molecule has 0 aromatic heterocycles. The summed E-state index contributed by atoms with van der Waals surface area (Å²) in [6.45, 7) is 8.62. The smallest absolute Gasteiger partial charge is 0.0936 e. The summed E-state index contributed by atoms with van der Waals surface area (Å²) in [6, 6.07) is 0. The Morgan fingerprint density at radius 2 is 1.50 bits per heavy atom. The van der Waals surface area contributed by atoms with Crippen LogP contribution in [0.25, 0.3) is 0 Å². The van der Waals surface area contributed by atoms with Gasteiger partial charge in [0.2, 0.25) is 0 Å². The van der Waals surface area contributed by atoms with Gasteiger partial charge in [0.15, 0.2) is 0 Å². The van der Waals surface area contributed by atoms with Crippen molar-refractivity contribution in [1.82, 2.24) is 0 Å². The molecule has 2 fully saturated rings. The molecule has 16 heavy (non-hydrogen) atoms. The maximum absolute atomic E-state index is 10.7. The quantitative estimate of drug-likeness (QED) is 0.666. The van der Waals surface area contributed by atoms with Crippen molar-refractivity contribution in [1.29, 1.82) is 0 Å². The first kappa shape index (κ1) is 12.4. The second-order valence-electron chi connectivity index (χ2n) is 6.81. The van der Waals surface area contributed by atoms with E-state index in [9.17, 15) is 10.2 Å². The third-order valence-electron chi connectivity index (χ3n) is 5.41. The first-order chi connectivity index (χ1) is 7.29. The molecule has 2 aliphatic rings. The molecule has 0 bridgehead atoms. The lowest BCUT2D eigenvalue weighted by atomic mass is 9.57. The molecule has 0 aliphatic heterocycles. The lowest BCUT2D eigenvalue weighted by Crippen LogP contribution is -2.53. The predicted molar refractivity (Wildman–Crippen MR) is 65.0 cm³/mol. The topological polar surface area (TPSA) is 40.5 Å². The molecule has 0 amide bonds. The highest BCUT2D eigenvalue weighted by molar-refractivity contribution is 5.11. The molecule has 0 aromatic carbocycles. The fourth-order valence-electron chi connectivity index (χ4n) is 4.62. The van der Waals surface area contributed by atoms with Gasteiger partial charge in [-0.2, -0.15) is 0 Å². The molecule has 0 saturated heterocycles. The molecule has 2 aliphatic carbocycles. The zero-order chi connectivity index (χ0) is 12.1. The van der Waals surface area contributed by atoms with Crippen LogP contribution in [-0.2, 0) is 0 Å². The van der Waals surface area contributed by atoms with Gasteiger partial charge in [-0.1, -0.05) is 20.8 Å². The first-order valence-corrected chi connectivity index (χ1v) is 6.70.